The van der Waals surface area contributed by atoms with Crippen LogP contribution in [-0.2, 0) is 14.3 Å². The summed E-state index contributed by atoms with van der Waals surface area (Å²) in [5, 5.41) is 14.8. The first-order chi connectivity index (χ1) is 16.5. The molecule has 4 rings (SSSR count). The normalized spacial score (nSPS) is 19.7. The minimum absolute atomic E-state index is 0.00462. The predicted octanol–water partition coefficient (Wildman–Crippen LogP) is 4.45. The van der Waals surface area contributed by atoms with Crippen molar-refractivity contribution < 1.29 is 24.2 Å². The number of rotatable bonds is 9. The van der Waals surface area contributed by atoms with Crippen molar-refractivity contribution in [2.24, 2.45) is 5.92 Å². The molecule has 34 heavy (non-hydrogen) atoms. The molecule has 1 unspecified atom stereocenters. The largest absolute Gasteiger partial charge is 0.481 e. The van der Waals surface area contributed by atoms with Gasteiger partial charge in [-0.3, -0.25) is 9.59 Å². The molecule has 0 aliphatic heterocycles. The van der Waals surface area contributed by atoms with Crippen molar-refractivity contribution in [3.8, 4) is 11.1 Å². The third-order valence-electron chi connectivity index (χ3n) is 6.87. The highest BCUT2D eigenvalue weighted by Gasteiger charge is 2.33. The molecule has 3 atom stereocenters. The first-order valence-corrected chi connectivity index (χ1v) is 12.1. The summed E-state index contributed by atoms with van der Waals surface area (Å²) in [7, 11) is 0. The Morgan fingerprint density at radius 3 is 2.29 bits per heavy atom. The standard InChI is InChI=1S/C27H32N2O5/c1-2-7-18(15-25(30)31)28-26(32)17-12-13-19(14-17)29-27(33)34-16-24-22-10-5-3-8-20(22)21-9-4-6-11-23(21)24/h3-6,8-11,17-19,24H,2,7,12-16H2,1H3,(H,28,32)(H,29,33)(H,30,31)/t17-,18?,19+/m1/s1. The third-order valence-corrected chi connectivity index (χ3v) is 6.87. The highest BCUT2D eigenvalue weighted by atomic mass is 16.5. The number of carboxylic acids is 1. The molecule has 180 valence electrons. The number of nitrogens with one attached hydrogen (secondary N) is 2. The highest BCUT2D eigenvalue weighted by Crippen LogP contribution is 2.44. The first kappa shape index (κ1) is 23.8. The second-order valence-electron chi connectivity index (χ2n) is 9.27. The maximum atomic E-state index is 12.6. The summed E-state index contributed by atoms with van der Waals surface area (Å²) in [5.74, 6) is -1.27. The van der Waals surface area contributed by atoms with Crippen LogP contribution in [0.2, 0.25) is 0 Å². The lowest BCUT2D eigenvalue weighted by Crippen LogP contribution is -2.40. The number of aliphatic carboxylic acids is 1. The quantitative estimate of drug-likeness (QED) is 0.508. The molecule has 0 saturated heterocycles. The average molecular weight is 465 g/mol. The van der Waals surface area contributed by atoms with Gasteiger partial charge in [0.15, 0.2) is 0 Å². The van der Waals surface area contributed by atoms with Crippen molar-refractivity contribution in [1.29, 1.82) is 0 Å². The molecular weight excluding hydrogens is 432 g/mol. The van der Waals surface area contributed by atoms with Crippen molar-refractivity contribution in [2.45, 2.75) is 63.5 Å². The van der Waals surface area contributed by atoms with Crippen LogP contribution in [0.5, 0.6) is 0 Å². The monoisotopic (exact) mass is 464 g/mol. The van der Waals surface area contributed by atoms with Gasteiger partial charge in [0.05, 0.1) is 6.42 Å². The van der Waals surface area contributed by atoms with E-state index in [1.165, 1.54) is 11.1 Å². The number of carboxylic acid groups (broad SMARTS) is 1. The Balaban J connectivity index is 1.28. The van der Waals surface area contributed by atoms with Gasteiger partial charge in [0, 0.05) is 23.9 Å². The van der Waals surface area contributed by atoms with Gasteiger partial charge in [0.25, 0.3) is 0 Å². The zero-order valence-corrected chi connectivity index (χ0v) is 19.5. The van der Waals surface area contributed by atoms with Gasteiger partial charge in [-0.1, -0.05) is 61.9 Å². The maximum Gasteiger partial charge on any atom is 0.407 e. The van der Waals surface area contributed by atoms with E-state index in [0.29, 0.717) is 25.7 Å². The maximum absolute atomic E-state index is 12.6. The number of fused-ring (bicyclic) bond motifs is 3. The van der Waals surface area contributed by atoms with E-state index in [4.69, 9.17) is 9.84 Å². The molecule has 2 aliphatic rings. The van der Waals surface area contributed by atoms with E-state index in [1.807, 2.05) is 31.2 Å². The van der Waals surface area contributed by atoms with Crippen LogP contribution >= 0.6 is 0 Å². The van der Waals surface area contributed by atoms with Gasteiger partial charge in [0.1, 0.15) is 6.61 Å². The van der Waals surface area contributed by atoms with Crippen LogP contribution in [0.4, 0.5) is 4.79 Å². The first-order valence-electron chi connectivity index (χ1n) is 12.1. The van der Waals surface area contributed by atoms with Crippen molar-refractivity contribution in [1.82, 2.24) is 10.6 Å². The summed E-state index contributed by atoms with van der Waals surface area (Å²) in [6.07, 6.45) is 2.77. The number of hydrogen-bond acceptors (Lipinski definition) is 4. The Bertz CT molecular complexity index is 1010. The fourth-order valence-corrected chi connectivity index (χ4v) is 5.26. The summed E-state index contributed by atoms with van der Waals surface area (Å²) < 4.78 is 5.62. The molecule has 0 aromatic heterocycles. The van der Waals surface area contributed by atoms with Crippen LogP contribution in [0.3, 0.4) is 0 Å². The van der Waals surface area contributed by atoms with Crippen molar-refractivity contribution in [2.75, 3.05) is 6.61 Å². The smallest absolute Gasteiger partial charge is 0.407 e. The number of alkyl carbamates (subject to hydrolysis) is 1. The SMILES string of the molecule is CCCC(CC(=O)O)NC(=O)[C@@H]1CC[C@H](NC(=O)OCC2c3ccccc3-c3ccccc32)C1. The fraction of sp³-hybridized carbons (Fsp3) is 0.444. The molecular formula is C27H32N2O5. The zero-order valence-electron chi connectivity index (χ0n) is 19.5. The third kappa shape index (κ3) is 5.41. The number of carbonyl (C=O) groups is 3. The summed E-state index contributed by atoms with van der Waals surface area (Å²) in [5.41, 5.74) is 4.69. The second-order valence-corrected chi connectivity index (χ2v) is 9.27. The fourth-order valence-electron chi connectivity index (χ4n) is 5.26. The summed E-state index contributed by atoms with van der Waals surface area (Å²) in [6.45, 7) is 2.22. The number of benzene rings is 2. The minimum atomic E-state index is -0.917. The Morgan fingerprint density at radius 2 is 1.68 bits per heavy atom. The molecule has 1 saturated carbocycles. The molecule has 7 nitrogen and oxygen atoms in total. The van der Waals surface area contributed by atoms with Gasteiger partial charge in [0.2, 0.25) is 5.91 Å². The Hall–Kier alpha value is -3.35. The Labute approximate surface area is 199 Å². The molecule has 0 heterocycles. The second kappa shape index (κ2) is 10.7. The van der Waals surface area contributed by atoms with E-state index in [2.05, 4.69) is 34.9 Å². The number of carbonyl (C=O) groups excluding carboxylic acids is 2. The van der Waals surface area contributed by atoms with E-state index in [1.54, 1.807) is 0 Å². The van der Waals surface area contributed by atoms with Gasteiger partial charge >= 0.3 is 12.1 Å². The van der Waals surface area contributed by atoms with Gasteiger partial charge in [-0.05, 0) is 47.9 Å². The van der Waals surface area contributed by atoms with Gasteiger partial charge in [-0.2, -0.15) is 0 Å². The Morgan fingerprint density at radius 1 is 1.03 bits per heavy atom. The Kier molecular flexibility index (Phi) is 7.50. The number of hydrogen-bond donors (Lipinski definition) is 3. The molecule has 1 fully saturated rings. The summed E-state index contributed by atoms with van der Waals surface area (Å²) in [6, 6.07) is 15.9. The van der Waals surface area contributed by atoms with Crippen LogP contribution < -0.4 is 10.6 Å². The van der Waals surface area contributed by atoms with Crippen molar-refractivity contribution >= 4 is 18.0 Å². The molecule has 2 aliphatic carbocycles. The van der Waals surface area contributed by atoms with Crippen molar-refractivity contribution in [3.63, 3.8) is 0 Å². The molecule has 2 aromatic rings. The van der Waals surface area contributed by atoms with Gasteiger partial charge < -0.3 is 20.5 Å². The molecule has 7 heteroatoms. The number of amides is 2. The van der Waals surface area contributed by atoms with Crippen LogP contribution in [-0.4, -0.2) is 41.8 Å². The van der Waals surface area contributed by atoms with E-state index in [0.717, 1.165) is 17.5 Å². The van der Waals surface area contributed by atoms with Crippen LogP contribution in [0, 0.1) is 5.92 Å². The number of ether oxygens (including phenoxy) is 1. The van der Waals surface area contributed by atoms with Crippen LogP contribution in [0.25, 0.3) is 11.1 Å². The zero-order chi connectivity index (χ0) is 24.1. The molecule has 2 amide bonds. The van der Waals surface area contributed by atoms with Crippen LogP contribution in [0.15, 0.2) is 48.5 Å². The van der Waals surface area contributed by atoms with Gasteiger partial charge in [-0.15, -0.1) is 0 Å². The lowest BCUT2D eigenvalue weighted by atomic mass is 9.98. The lowest BCUT2D eigenvalue weighted by molar-refractivity contribution is -0.137. The average Bonchev–Trinajstić information content (AvgIpc) is 3.40. The lowest BCUT2D eigenvalue weighted by Gasteiger charge is -2.19. The molecule has 0 bridgehead atoms. The summed E-state index contributed by atoms with van der Waals surface area (Å²) >= 11 is 0. The van der Waals surface area contributed by atoms with Crippen molar-refractivity contribution in [3.05, 3.63) is 59.7 Å². The summed E-state index contributed by atoms with van der Waals surface area (Å²) in [4.78, 5) is 36.2. The van der Waals surface area contributed by atoms with Crippen LogP contribution in [0.1, 0.15) is 62.5 Å². The van der Waals surface area contributed by atoms with Gasteiger partial charge in [-0.25, -0.2) is 4.79 Å². The molecule has 0 radical (unpaired) electrons. The minimum Gasteiger partial charge on any atom is -0.481 e. The topological polar surface area (TPSA) is 105 Å². The van der Waals surface area contributed by atoms with E-state index in [-0.39, 0.29) is 42.9 Å². The van der Waals surface area contributed by atoms with E-state index >= 15 is 0 Å². The highest BCUT2D eigenvalue weighted by molar-refractivity contribution is 5.81. The molecule has 2 aromatic carbocycles. The molecule has 3 N–H and O–H groups in total. The molecule has 0 spiro atoms. The van der Waals surface area contributed by atoms with E-state index < -0.39 is 12.1 Å². The predicted molar refractivity (Wildman–Crippen MR) is 128 cm³/mol. The van der Waals surface area contributed by atoms with E-state index in [9.17, 15) is 14.4 Å².